The normalized spacial score (nSPS) is 30.5. The second-order valence-corrected chi connectivity index (χ2v) is 3.40. The highest BCUT2D eigenvalue weighted by molar-refractivity contribution is 5.67. The highest BCUT2D eigenvalue weighted by Crippen LogP contribution is 2.52. The quantitative estimate of drug-likeness (QED) is 0.635. The summed E-state index contributed by atoms with van der Waals surface area (Å²) in [4.78, 5) is 10.6. The number of benzene rings is 1. The Morgan fingerprint density at radius 1 is 1.46 bits per heavy atom. The summed E-state index contributed by atoms with van der Waals surface area (Å²) in [6.45, 7) is 0. The third-order valence-corrected chi connectivity index (χ3v) is 2.67. The lowest BCUT2D eigenvalue weighted by Gasteiger charge is -2.05. The van der Waals surface area contributed by atoms with Crippen LogP contribution in [0, 0.1) is 17.2 Å². The van der Waals surface area contributed by atoms with Gasteiger partial charge in [0, 0.05) is 5.92 Å². The van der Waals surface area contributed by atoms with Gasteiger partial charge in [-0.15, -0.1) is 0 Å². The molecule has 2 rings (SSSR count). The van der Waals surface area contributed by atoms with Crippen LogP contribution < -0.4 is 0 Å². The smallest absolute Gasteiger partial charge is 0.125 e. The molecule has 2 nitrogen and oxygen atoms in total. The second kappa shape index (κ2) is 2.70. The van der Waals surface area contributed by atoms with Crippen molar-refractivity contribution in [1.82, 2.24) is 0 Å². The van der Waals surface area contributed by atoms with Crippen molar-refractivity contribution < 1.29 is 4.79 Å². The Morgan fingerprint density at radius 2 is 2.15 bits per heavy atom. The lowest BCUT2D eigenvalue weighted by atomic mass is 9.95. The van der Waals surface area contributed by atoms with Gasteiger partial charge in [-0.1, -0.05) is 30.3 Å². The predicted molar refractivity (Wildman–Crippen MR) is 47.9 cm³/mol. The zero-order chi connectivity index (χ0) is 9.31. The minimum atomic E-state index is -0.511. The molecule has 2 heteroatoms. The summed E-state index contributed by atoms with van der Waals surface area (Å²) in [6.07, 6.45) is 1.56. The first-order valence-electron chi connectivity index (χ1n) is 4.25. The SMILES string of the molecule is N#C[C@]1(c2ccccc2)C[C@H]1C=O. The summed E-state index contributed by atoms with van der Waals surface area (Å²) in [7, 11) is 0. The molecule has 2 atom stereocenters. The average molecular weight is 171 g/mol. The van der Waals surface area contributed by atoms with Crippen LogP contribution in [0.2, 0.25) is 0 Å². The van der Waals surface area contributed by atoms with Crippen molar-refractivity contribution in [3.8, 4) is 6.07 Å². The van der Waals surface area contributed by atoms with Crippen LogP contribution in [-0.2, 0) is 10.2 Å². The van der Waals surface area contributed by atoms with Crippen molar-refractivity contribution in [3.63, 3.8) is 0 Å². The summed E-state index contributed by atoms with van der Waals surface area (Å²) < 4.78 is 0. The predicted octanol–water partition coefficient (Wildman–Crippen LogP) is 1.67. The molecule has 64 valence electrons. The fraction of sp³-hybridized carbons (Fsp3) is 0.273. The summed E-state index contributed by atoms with van der Waals surface area (Å²) in [5, 5.41) is 9.00. The second-order valence-electron chi connectivity index (χ2n) is 3.40. The van der Waals surface area contributed by atoms with Gasteiger partial charge in [-0.25, -0.2) is 0 Å². The zero-order valence-electron chi connectivity index (χ0n) is 7.10. The first-order valence-corrected chi connectivity index (χ1v) is 4.25. The van der Waals surface area contributed by atoms with E-state index < -0.39 is 5.41 Å². The molecule has 0 saturated heterocycles. The van der Waals surface area contributed by atoms with Gasteiger partial charge in [0.25, 0.3) is 0 Å². The first-order chi connectivity index (χ1) is 6.33. The zero-order valence-corrected chi connectivity index (χ0v) is 7.10. The molecule has 0 aliphatic heterocycles. The molecule has 13 heavy (non-hydrogen) atoms. The van der Waals surface area contributed by atoms with E-state index in [2.05, 4.69) is 6.07 Å². The van der Waals surface area contributed by atoms with Gasteiger partial charge in [-0.3, -0.25) is 0 Å². The molecule has 1 aliphatic rings. The van der Waals surface area contributed by atoms with Gasteiger partial charge < -0.3 is 4.79 Å². The van der Waals surface area contributed by atoms with Gasteiger partial charge in [-0.05, 0) is 12.0 Å². The number of nitrogens with zero attached hydrogens (tertiary/aromatic N) is 1. The maximum absolute atomic E-state index is 10.6. The van der Waals surface area contributed by atoms with E-state index in [-0.39, 0.29) is 5.92 Å². The number of carbonyl (C=O) groups is 1. The van der Waals surface area contributed by atoms with E-state index in [4.69, 9.17) is 5.26 Å². The van der Waals surface area contributed by atoms with Gasteiger partial charge in [0.05, 0.1) is 11.5 Å². The molecule has 0 spiro atoms. The summed E-state index contributed by atoms with van der Waals surface area (Å²) in [5.41, 5.74) is 0.456. The number of rotatable bonds is 2. The van der Waals surface area contributed by atoms with Crippen molar-refractivity contribution in [3.05, 3.63) is 35.9 Å². The molecular weight excluding hydrogens is 162 g/mol. The molecular formula is C11H9NO. The van der Waals surface area contributed by atoms with E-state index >= 15 is 0 Å². The molecule has 0 bridgehead atoms. The van der Waals surface area contributed by atoms with Gasteiger partial charge in [0.1, 0.15) is 6.29 Å². The van der Waals surface area contributed by atoms with Crippen molar-refractivity contribution in [2.45, 2.75) is 11.8 Å². The lowest BCUT2D eigenvalue weighted by molar-refractivity contribution is -0.109. The minimum Gasteiger partial charge on any atom is -0.303 e. The molecule has 0 aromatic heterocycles. The Morgan fingerprint density at radius 3 is 2.62 bits per heavy atom. The van der Waals surface area contributed by atoms with Gasteiger partial charge >= 0.3 is 0 Å². The van der Waals surface area contributed by atoms with Crippen molar-refractivity contribution in [2.24, 2.45) is 5.92 Å². The molecule has 1 aromatic rings. The van der Waals surface area contributed by atoms with Gasteiger partial charge in [0.2, 0.25) is 0 Å². The van der Waals surface area contributed by atoms with Crippen LogP contribution in [0.5, 0.6) is 0 Å². The number of nitriles is 1. The Bertz CT molecular complexity index is 365. The molecule has 1 saturated carbocycles. The third-order valence-electron chi connectivity index (χ3n) is 2.67. The molecule has 0 unspecified atom stereocenters. The maximum atomic E-state index is 10.6. The Labute approximate surface area is 76.8 Å². The van der Waals surface area contributed by atoms with Gasteiger partial charge in [-0.2, -0.15) is 5.26 Å². The highest BCUT2D eigenvalue weighted by atomic mass is 16.1. The highest BCUT2D eigenvalue weighted by Gasteiger charge is 2.56. The Hall–Kier alpha value is -1.62. The number of carbonyl (C=O) groups excluding carboxylic acids is 1. The average Bonchev–Trinajstić information content (AvgIpc) is 2.94. The van der Waals surface area contributed by atoms with E-state index in [0.29, 0.717) is 6.42 Å². The van der Waals surface area contributed by atoms with Crippen LogP contribution >= 0.6 is 0 Å². The topological polar surface area (TPSA) is 40.9 Å². The summed E-state index contributed by atoms with van der Waals surface area (Å²) in [5.74, 6) is -0.0973. The van der Waals surface area contributed by atoms with Crippen LogP contribution in [0.4, 0.5) is 0 Å². The van der Waals surface area contributed by atoms with E-state index in [9.17, 15) is 4.79 Å². The third kappa shape index (κ3) is 1.05. The van der Waals surface area contributed by atoms with Crippen molar-refractivity contribution >= 4 is 6.29 Å². The summed E-state index contributed by atoms with van der Waals surface area (Å²) in [6, 6.07) is 11.8. The number of hydrogen-bond acceptors (Lipinski definition) is 2. The maximum Gasteiger partial charge on any atom is 0.125 e. The number of aldehydes is 1. The fourth-order valence-electron chi connectivity index (χ4n) is 1.71. The monoisotopic (exact) mass is 171 g/mol. The Balaban J connectivity index is 2.37. The molecule has 1 aliphatic carbocycles. The van der Waals surface area contributed by atoms with Crippen LogP contribution in [0.1, 0.15) is 12.0 Å². The Kier molecular flexibility index (Phi) is 1.66. The first kappa shape index (κ1) is 8.00. The van der Waals surface area contributed by atoms with Crippen LogP contribution in [0.25, 0.3) is 0 Å². The number of hydrogen-bond donors (Lipinski definition) is 0. The molecule has 1 aromatic carbocycles. The van der Waals surface area contributed by atoms with Crippen molar-refractivity contribution in [1.29, 1.82) is 5.26 Å². The molecule has 0 radical (unpaired) electrons. The lowest BCUT2D eigenvalue weighted by Crippen LogP contribution is -2.07. The largest absolute Gasteiger partial charge is 0.303 e. The minimum absolute atomic E-state index is 0.0973. The van der Waals surface area contributed by atoms with Crippen LogP contribution in [0.15, 0.2) is 30.3 Å². The molecule has 1 fully saturated rings. The van der Waals surface area contributed by atoms with E-state index in [1.54, 1.807) is 0 Å². The van der Waals surface area contributed by atoms with Gasteiger partial charge in [0.15, 0.2) is 0 Å². The van der Waals surface area contributed by atoms with Crippen molar-refractivity contribution in [2.75, 3.05) is 0 Å². The molecule has 0 amide bonds. The van der Waals surface area contributed by atoms with E-state index in [0.717, 1.165) is 11.8 Å². The standard InChI is InChI=1S/C11H9NO/c12-8-11(6-10(11)7-13)9-4-2-1-3-5-9/h1-5,7,10H,6H2/t10-,11-/m0/s1. The van der Waals surface area contributed by atoms with E-state index in [1.807, 2.05) is 30.3 Å². The molecule has 0 N–H and O–H groups in total. The van der Waals surface area contributed by atoms with E-state index in [1.165, 1.54) is 0 Å². The van der Waals surface area contributed by atoms with Crippen LogP contribution in [-0.4, -0.2) is 6.29 Å². The molecule has 0 heterocycles. The van der Waals surface area contributed by atoms with Crippen LogP contribution in [0.3, 0.4) is 0 Å². The summed E-state index contributed by atoms with van der Waals surface area (Å²) >= 11 is 0. The fourth-order valence-corrected chi connectivity index (χ4v) is 1.71.